The molecule has 20 nitrogen and oxygen atoms in total. The van der Waals surface area contributed by atoms with Crippen LogP contribution in [0.2, 0.25) is 0 Å². The largest absolute Gasteiger partial charge is 0.472 e. The van der Waals surface area contributed by atoms with E-state index in [9.17, 15) is 38.4 Å². The summed E-state index contributed by atoms with van der Waals surface area (Å²) < 4.78 is 0. The number of carboxylic acid groups (broad SMARTS) is 8. The smallest absolute Gasteiger partial charge is 0.382 e. The zero-order valence-corrected chi connectivity index (χ0v) is 20.0. The van der Waals surface area contributed by atoms with Crippen molar-refractivity contribution in [3.05, 3.63) is 0 Å². The first-order chi connectivity index (χ1) is 18.7. The van der Waals surface area contributed by atoms with Gasteiger partial charge in [-0.15, -0.1) is 0 Å². The Morgan fingerprint density at radius 2 is 0.415 bits per heavy atom. The molecule has 0 aliphatic heterocycles. The van der Waals surface area contributed by atoms with E-state index >= 15 is 0 Å². The lowest BCUT2D eigenvalue weighted by Gasteiger charge is -2.23. The maximum atomic E-state index is 9.47. The van der Waals surface area contributed by atoms with E-state index in [1.807, 2.05) is 0 Å². The summed E-state index contributed by atoms with van der Waals surface area (Å²) in [6.07, 6.45) is 0. The van der Waals surface area contributed by atoms with E-state index in [-0.39, 0.29) is 0 Å². The Morgan fingerprint density at radius 3 is 0.439 bits per heavy atom. The van der Waals surface area contributed by atoms with Crippen molar-refractivity contribution in [3.8, 4) is 47.4 Å². The molecule has 0 saturated carbocycles. The quantitative estimate of drug-likeness (QED) is 0.135. The van der Waals surface area contributed by atoms with Gasteiger partial charge in [0.2, 0.25) is 0 Å². The van der Waals surface area contributed by atoms with Crippen LogP contribution in [0.15, 0.2) is 0 Å². The fourth-order valence-electron chi connectivity index (χ4n) is 0.728. The highest BCUT2D eigenvalue weighted by Gasteiger charge is 2.26. The number of carboxylic acids is 8. The zero-order valence-electron chi connectivity index (χ0n) is 20.0. The Bertz CT molecular complexity index is 921. The molecule has 41 heavy (non-hydrogen) atoms. The lowest BCUT2D eigenvalue weighted by molar-refractivity contribution is -0.132. The average molecular weight is 592 g/mol. The van der Waals surface area contributed by atoms with Crippen LogP contribution in [0.5, 0.6) is 0 Å². The molecule has 0 heterocycles. The second kappa shape index (κ2) is 28.4. The Morgan fingerprint density at radius 1 is 0.317 bits per heavy atom. The minimum Gasteiger partial charge on any atom is -0.472 e. The van der Waals surface area contributed by atoms with Crippen LogP contribution in [0, 0.1) is 52.8 Å². The van der Waals surface area contributed by atoms with E-state index in [0.717, 1.165) is 0 Å². The molecule has 12 N–H and O–H groups in total. The summed E-state index contributed by atoms with van der Waals surface area (Å²) in [6, 6.07) is 0. The van der Waals surface area contributed by atoms with Crippen LogP contribution in [0.1, 0.15) is 0 Å². The summed E-state index contributed by atoms with van der Waals surface area (Å²) >= 11 is 0. The Balaban J connectivity index is -0.000000132. The molecule has 0 rings (SSSR count). The maximum Gasteiger partial charge on any atom is 0.382 e. The molecular weight excluding hydrogens is 572 g/mol. The molecule has 20 heteroatoms. The Kier molecular flexibility index (Phi) is 31.0. The predicted molar refractivity (Wildman–Crippen MR) is 123 cm³/mol. The highest BCUT2D eigenvalue weighted by atomic mass is 16.4. The van der Waals surface area contributed by atoms with Gasteiger partial charge < -0.3 is 61.3 Å². The average Bonchev–Trinajstić information content (AvgIpc) is 2.87. The van der Waals surface area contributed by atoms with E-state index in [0.29, 0.717) is 0 Å². The van der Waals surface area contributed by atoms with Crippen LogP contribution in [0.3, 0.4) is 0 Å². The first-order valence-corrected chi connectivity index (χ1v) is 9.10. The SMILES string of the molecule is O=C(O)C#CC(=O)O.O=C(O)C#CC(=O)O.O=C(O)C#CC(=O)O.O=C(O)C#CC(=O)O.OCC(CO)(CO)CO. The molecule has 0 unspecified atom stereocenters. The summed E-state index contributed by atoms with van der Waals surface area (Å²) in [5.41, 5.74) is -1.11. The molecule has 0 radical (unpaired) electrons. The van der Waals surface area contributed by atoms with Gasteiger partial charge in [-0.3, -0.25) is 0 Å². The number of aliphatic hydroxyl groups is 4. The van der Waals surface area contributed by atoms with Gasteiger partial charge in [-0.25, -0.2) is 38.4 Å². The number of hydrogen-bond acceptors (Lipinski definition) is 12. The molecule has 0 bridgehead atoms. The summed E-state index contributed by atoms with van der Waals surface area (Å²) in [4.78, 5) is 75.7. The lowest BCUT2D eigenvalue weighted by atomic mass is 9.93. The third kappa shape index (κ3) is 51.4. The second-order valence-corrected chi connectivity index (χ2v) is 5.57. The van der Waals surface area contributed by atoms with Gasteiger partial charge in [0.25, 0.3) is 0 Å². The van der Waals surface area contributed by atoms with Gasteiger partial charge in [0.15, 0.2) is 0 Å². The minimum absolute atomic E-state index is 0.406. The molecule has 0 fully saturated rings. The summed E-state index contributed by atoms with van der Waals surface area (Å²) in [5.74, 6) is -0.204. The molecular formula is C21H20O20. The van der Waals surface area contributed by atoms with Gasteiger partial charge in [0, 0.05) is 47.4 Å². The van der Waals surface area contributed by atoms with Gasteiger partial charge >= 0.3 is 47.8 Å². The van der Waals surface area contributed by atoms with E-state index in [1.165, 1.54) is 47.4 Å². The zero-order chi connectivity index (χ0) is 33.6. The van der Waals surface area contributed by atoms with Crippen molar-refractivity contribution in [1.82, 2.24) is 0 Å². The number of carbonyl (C=O) groups is 8. The van der Waals surface area contributed by atoms with E-state index in [4.69, 9.17) is 61.3 Å². The first kappa shape index (κ1) is 44.8. The van der Waals surface area contributed by atoms with E-state index in [2.05, 4.69) is 0 Å². The summed E-state index contributed by atoms with van der Waals surface area (Å²) in [7, 11) is 0. The number of aliphatic hydroxyl groups excluding tert-OH is 4. The molecule has 0 atom stereocenters. The van der Waals surface area contributed by atoms with Gasteiger partial charge in [-0.1, -0.05) is 0 Å². The third-order valence-electron chi connectivity index (χ3n) is 2.45. The first-order valence-electron chi connectivity index (χ1n) is 9.10. The minimum atomic E-state index is -1.44. The molecule has 0 aromatic heterocycles. The monoisotopic (exact) mass is 592 g/mol. The van der Waals surface area contributed by atoms with Crippen LogP contribution in [-0.2, 0) is 38.4 Å². The maximum absolute atomic E-state index is 9.47. The summed E-state index contributed by atoms with van der Waals surface area (Å²) in [5, 5.41) is 95.8. The van der Waals surface area contributed by atoms with Gasteiger partial charge in [-0.2, -0.15) is 0 Å². The molecule has 224 valence electrons. The molecule has 0 aliphatic rings. The van der Waals surface area contributed by atoms with Gasteiger partial charge in [0.05, 0.1) is 31.8 Å². The topological polar surface area (TPSA) is 379 Å². The van der Waals surface area contributed by atoms with Gasteiger partial charge in [0.1, 0.15) is 0 Å². The third-order valence-corrected chi connectivity index (χ3v) is 2.45. The van der Waals surface area contributed by atoms with Crippen molar-refractivity contribution in [1.29, 1.82) is 0 Å². The van der Waals surface area contributed by atoms with E-state index in [1.54, 1.807) is 0 Å². The molecule has 0 aliphatic carbocycles. The molecule has 0 amide bonds. The predicted octanol–water partition coefficient (Wildman–Crippen LogP) is -5.42. The fourth-order valence-corrected chi connectivity index (χ4v) is 0.728. The van der Waals surface area contributed by atoms with Gasteiger partial charge in [-0.05, 0) is 0 Å². The van der Waals surface area contributed by atoms with Crippen molar-refractivity contribution in [2.24, 2.45) is 5.41 Å². The molecule has 0 saturated heterocycles. The van der Waals surface area contributed by atoms with Crippen molar-refractivity contribution in [2.75, 3.05) is 26.4 Å². The van der Waals surface area contributed by atoms with Crippen molar-refractivity contribution in [2.45, 2.75) is 0 Å². The van der Waals surface area contributed by atoms with Crippen molar-refractivity contribution in [3.63, 3.8) is 0 Å². The lowest BCUT2D eigenvalue weighted by Crippen LogP contribution is -2.37. The Labute approximate surface area is 227 Å². The summed E-state index contributed by atoms with van der Waals surface area (Å²) in [6.45, 7) is -1.62. The van der Waals surface area contributed by atoms with Crippen LogP contribution < -0.4 is 0 Å². The molecule has 0 spiro atoms. The highest BCUT2D eigenvalue weighted by Crippen LogP contribution is 2.11. The normalized spacial score (nSPS) is 7.71. The van der Waals surface area contributed by atoms with Crippen LogP contribution >= 0.6 is 0 Å². The standard InChI is InChI=1S/C5H12O4.4C4H2O4/c6-1-5(2-7,3-8)4-9;4*5-3(6)1-2-4(7)8/h6-9H,1-4H2;4*(H,5,6)(H,7,8). The number of aliphatic carboxylic acids is 8. The van der Waals surface area contributed by atoms with E-state index < -0.39 is 79.6 Å². The highest BCUT2D eigenvalue weighted by molar-refractivity contribution is 5.97. The molecule has 0 aromatic carbocycles. The number of hydrogen-bond donors (Lipinski definition) is 12. The second-order valence-electron chi connectivity index (χ2n) is 5.57. The Hall–Kier alpha value is -6.16. The van der Waals surface area contributed by atoms with Crippen LogP contribution in [-0.4, -0.2) is 135 Å². The van der Waals surface area contributed by atoms with Crippen molar-refractivity contribution >= 4 is 47.8 Å². The van der Waals surface area contributed by atoms with Crippen LogP contribution in [0.4, 0.5) is 0 Å². The van der Waals surface area contributed by atoms with Crippen LogP contribution in [0.25, 0.3) is 0 Å². The molecule has 0 aromatic rings. The van der Waals surface area contributed by atoms with Crippen molar-refractivity contribution < 1.29 is 99.6 Å². The fraction of sp³-hybridized carbons (Fsp3) is 0.238. The number of rotatable bonds is 4.